The summed E-state index contributed by atoms with van der Waals surface area (Å²) >= 11 is 0. The molecule has 0 N–H and O–H groups in total. The maximum absolute atomic E-state index is 12.7. The Morgan fingerprint density at radius 2 is 1.67 bits per heavy atom. The van der Waals surface area contributed by atoms with E-state index in [0.717, 1.165) is 39.1 Å². The second-order valence-corrected chi connectivity index (χ2v) is 9.16. The molecule has 3 heterocycles. The third-order valence-corrected chi connectivity index (χ3v) is 7.34. The second kappa shape index (κ2) is 8.06. The summed E-state index contributed by atoms with van der Waals surface area (Å²) in [6.45, 7) is 5.80. The number of rotatable bonds is 5. The van der Waals surface area contributed by atoms with Crippen molar-refractivity contribution in [3.63, 3.8) is 0 Å². The van der Waals surface area contributed by atoms with Gasteiger partial charge in [-0.2, -0.15) is 4.31 Å². The lowest BCUT2D eigenvalue weighted by molar-refractivity contribution is 0.136. The highest BCUT2D eigenvalue weighted by atomic mass is 32.2. The molecule has 2 saturated heterocycles. The zero-order valence-corrected chi connectivity index (χ0v) is 16.3. The minimum Gasteiger partial charge on any atom is -0.297 e. The smallest absolute Gasteiger partial charge is 0.260 e. The molecular formula is C20H26N4O2S. The third-order valence-electron chi connectivity index (χ3n) is 5.53. The highest BCUT2D eigenvalue weighted by molar-refractivity contribution is 7.89. The molecule has 0 radical (unpaired) electrons. The van der Waals surface area contributed by atoms with Crippen LogP contribution in [-0.4, -0.2) is 72.8 Å². The van der Waals surface area contributed by atoms with Crippen LogP contribution in [0.3, 0.4) is 0 Å². The van der Waals surface area contributed by atoms with Gasteiger partial charge in [-0.1, -0.05) is 36.4 Å². The molecule has 0 amide bonds. The maximum atomic E-state index is 12.7. The lowest BCUT2D eigenvalue weighted by Crippen LogP contribution is -2.52. The lowest BCUT2D eigenvalue weighted by atomic mass is 10.2. The van der Waals surface area contributed by atoms with Gasteiger partial charge in [-0.3, -0.25) is 9.80 Å². The van der Waals surface area contributed by atoms with Crippen molar-refractivity contribution in [3.8, 4) is 0 Å². The van der Waals surface area contributed by atoms with E-state index in [0.29, 0.717) is 19.1 Å². The molecule has 0 aliphatic carbocycles. The van der Waals surface area contributed by atoms with Gasteiger partial charge >= 0.3 is 0 Å². The number of piperazine rings is 1. The number of hydrogen-bond donors (Lipinski definition) is 0. The normalized spacial score (nSPS) is 22.9. The SMILES string of the molecule is O=S(=O)(c1ccccn1)N1CCN(C2CCN(Cc3ccccc3)C2)CC1. The molecule has 1 aromatic heterocycles. The van der Waals surface area contributed by atoms with Crippen molar-refractivity contribution >= 4 is 10.0 Å². The van der Waals surface area contributed by atoms with E-state index >= 15 is 0 Å². The van der Waals surface area contributed by atoms with Crippen LogP contribution in [0.2, 0.25) is 0 Å². The molecule has 0 saturated carbocycles. The van der Waals surface area contributed by atoms with Crippen LogP contribution >= 0.6 is 0 Å². The highest BCUT2D eigenvalue weighted by Crippen LogP contribution is 2.21. The van der Waals surface area contributed by atoms with Crippen LogP contribution in [0.4, 0.5) is 0 Å². The Balaban J connectivity index is 1.31. The molecule has 2 aromatic rings. The lowest BCUT2D eigenvalue weighted by Gasteiger charge is -2.37. The standard InChI is InChI=1S/C20H26N4O2S/c25-27(26,20-8-4-5-10-21-20)24-14-12-23(13-15-24)19-9-11-22(17-19)16-18-6-2-1-3-7-18/h1-8,10,19H,9,11-17H2. The topological polar surface area (TPSA) is 56.8 Å². The van der Waals surface area contributed by atoms with E-state index in [-0.39, 0.29) is 5.03 Å². The third kappa shape index (κ3) is 4.21. The molecule has 27 heavy (non-hydrogen) atoms. The molecule has 1 aromatic carbocycles. The van der Waals surface area contributed by atoms with Gasteiger partial charge < -0.3 is 0 Å². The van der Waals surface area contributed by atoms with E-state index in [1.54, 1.807) is 22.5 Å². The summed E-state index contributed by atoms with van der Waals surface area (Å²) in [5.41, 5.74) is 1.35. The quantitative estimate of drug-likeness (QED) is 0.782. The summed E-state index contributed by atoms with van der Waals surface area (Å²) in [5, 5.41) is 0.147. The second-order valence-electron chi connectivity index (χ2n) is 7.27. The van der Waals surface area contributed by atoms with Crippen LogP contribution < -0.4 is 0 Å². The summed E-state index contributed by atoms with van der Waals surface area (Å²) in [4.78, 5) is 8.97. The first-order valence-corrected chi connectivity index (χ1v) is 11.0. The summed E-state index contributed by atoms with van der Waals surface area (Å²) in [7, 11) is -3.48. The summed E-state index contributed by atoms with van der Waals surface area (Å²) in [6, 6.07) is 16.1. The van der Waals surface area contributed by atoms with Crippen LogP contribution in [0, 0.1) is 0 Å². The average Bonchev–Trinajstić information content (AvgIpc) is 3.18. The Morgan fingerprint density at radius 3 is 2.37 bits per heavy atom. The number of sulfonamides is 1. The van der Waals surface area contributed by atoms with Gasteiger partial charge in [0.15, 0.2) is 5.03 Å². The van der Waals surface area contributed by atoms with Gasteiger partial charge in [-0.25, -0.2) is 13.4 Å². The fourth-order valence-corrected chi connectivity index (χ4v) is 5.39. The minimum atomic E-state index is -3.48. The zero-order valence-electron chi connectivity index (χ0n) is 15.4. The monoisotopic (exact) mass is 386 g/mol. The highest BCUT2D eigenvalue weighted by Gasteiger charge is 2.34. The minimum absolute atomic E-state index is 0.147. The average molecular weight is 387 g/mol. The summed E-state index contributed by atoms with van der Waals surface area (Å²) < 4.78 is 27.0. The number of hydrogen-bond acceptors (Lipinski definition) is 5. The van der Waals surface area contributed by atoms with Crippen LogP contribution in [0.15, 0.2) is 59.8 Å². The Kier molecular flexibility index (Phi) is 5.54. The van der Waals surface area contributed by atoms with Gasteiger partial charge in [-0.05, 0) is 24.1 Å². The zero-order chi connectivity index (χ0) is 18.7. The number of likely N-dealkylation sites (tertiary alicyclic amines) is 1. The molecule has 2 fully saturated rings. The van der Waals surface area contributed by atoms with Crippen LogP contribution in [-0.2, 0) is 16.6 Å². The van der Waals surface area contributed by atoms with E-state index in [1.165, 1.54) is 11.8 Å². The van der Waals surface area contributed by atoms with Gasteiger partial charge in [0.2, 0.25) is 0 Å². The number of benzene rings is 1. The van der Waals surface area contributed by atoms with Crippen molar-refractivity contribution < 1.29 is 8.42 Å². The molecule has 2 aliphatic rings. The van der Waals surface area contributed by atoms with Crippen LogP contribution in [0.1, 0.15) is 12.0 Å². The molecule has 1 atom stereocenters. The van der Waals surface area contributed by atoms with Gasteiger partial charge in [-0.15, -0.1) is 0 Å². The molecule has 144 valence electrons. The molecule has 4 rings (SSSR count). The van der Waals surface area contributed by atoms with E-state index in [1.807, 2.05) is 0 Å². The summed E-state index contributed by atoms with van der Waals surface area (Å²) in [6.07, 6.45) is 2.68. The molecule has 7 heteroatoms. The molecule has 0 spiro atoms. The van der Waals surface area contributed by atoms with E-state index < -0.39 is 10.0 Å². The largest absolute Gasteiger partial charge is 0.297 e. The molecule has 0 bridgehead atoms. The predicted molar refractivity (Wildman–Crippen MR) is 105 cm³/mol. The van der Waals surface area contributed by atoms with Crippen molar-refractivity contribution in [2.45, 2.75) is 24.0 Å². The Bertz CT molecular complexity index is 837. The van der Waals surface area contributed by atoms with Gasteiger partial charge in [0.1, 0.15) is 0 Å². The van der Waals surface area contributed by atoms with E-state index in [9.17, 15) is 8.42 Å². The fourth-order valence-electron chi connectivity index (χ4n) is 4.04. The van der Waals surface area contributed by atoms with Crippen molar-refractivity contribution in [3.05, 3.63) is 60.3 Å². The number of nitrogens with zero attached hydrogens (tertiary/aromatic N) is 4. The number of aromatic nitrogens is 1. The van der Waals surface area contributed by atoms with Crippen molar-refractivity contribution in [2.75, 3.05) is 39.3 Å². The molecular weight excluding hydrogens is 360 g/mol. The predicted octanol–water partition coefficient (Wildman–Crippen LogP) is 1.66. The number of pyridine rings is 1. The van der Waals surface area contributed by atoms with Crippen LogP contribution in [0.25, 0.3) is 0 Å². The first-order valence-electron chi connectivity index (χ1n) is 9.54. The van der Waals surface area contributed by atoms with Crippen LogP contribution in [0.5, 0.6) is 0 Å². The summed E-state index contributed by atoms with van der Waals surface area (Å²) in [5.74, 6) is 0. The van der Waals surface area contributed by atoms with E-state index in [4.69, 9.17) is 0 Å². The first-order chi connectivity index (χ1) is 13.1. The van der Waals surface area contributed by atoms with Gasteiger partial charge in [0.25, 0.3) is 10.0 Å². The van der Waals surface area contributed by atoms with Crippen molar-refractivity contribution in [1.82, 2.24) is 19.1 Å². The maximum Gasteiger partial charge on any atom is 0.260 e. The Hall–Kier alpha value is -1.80. The molecule has 6 nitrogen and oxygen atoms in total. The van der Waals surface area contributed by atoms with Gasteiger partial charge in [0.05, 0.1) is 0 Å². The van der Waals surface area contributed by atoms with Crippen molar-refractivity contribution in [1.29, 1.82) is 0 Å². The molecule has 1 unspecified atom stereocenters. The fraction of sp³-hybridized carbons (Fsp3) is 0.450. The van der Waals surface area contributed by atoms with Gasteiger partial charge in [0, 0.05) is 58.1 Å². The Labute approximate surface area is 161 Å². The first kappa shape index (κ1) is 18.6. The Morgan fingerprint density at radius 1 is 0.926 bits per heavy atom. The van der Waals surface area contributed by atoms with Crippen molar-refractivity contribution in [2.24, 2.45) is 0 Å². The van der Waals surface area contributed by atoms with E-state index in [2.05, 4.69) is 45.1 Å². The molecule has 2 aliphatic heterocycles.